The molecule has 0 heterocycles. The summed E-state index contributed by atoms with van der Waals surface area (Å²) in [5.74, 6) is -0.357. The summed E-state index contributed by atoms with van der Waals surface area (Å²) in [5, 5.41) is 0. The van der Waals surface area contributed by atoms with Crippen molar-refractivity contribution >= 4 is 13.8 Å². The molecule has 2 atom stereocenters. The molecule has 0 saturated carbocycles. The van der Waals surface area contributed by atoms with E-state index >= 15 is 0 Å². The van der Waals surface area contributed by atoms with E-state index in [1.807, 2.05) is 27.2 Å². The molecule has 302 valence electrons. The molecule has 0 saturated heterocycles. The Bertz CT molecular complexity index is 874. The molecule has 0 radical (unpaired) electrons. The molecular weight excluding hydrogens is 661 g/mol. The van der Waals surface area contributed by atoms with Crippen LogP contribution in [0.25, 0.3) is 0 Å². The highest BCUT2D eigenvalue weighted by Gasteiger charge is 2.20. The number of allylic oxidation sites excluding steroid dienone is 3. The number of phosphoric acid groups is 1. The Hall–Kier alpha value is -1.18. The fraction of sp³-hybridized carbons (Fsp3) is 0.881. The second kappa shape index (κ2) is 35.8. The lowest BCUT2D eigenvalue weighted by Crippen LogP contribution is -2.37. The van der Waals surface area contributed by atoms with Crippen molar-refractivity contribution in [2.75, 3.05) is 47.5 Å². The number of ether oxygens (including phenoxy) is 2. The highest BCUT2D eigenvalue weighted by molar-refractivity contribution is 7.45. The third-order valence-corrected chi connectivity index (χ3v) is 10.0. The van der Waals surface area contributed by atoms with E-state index in [2.05, 4.69) is 26.0 Å². The number of esters is 1. The molecule has 9 heteroatoms. The molecule has 0 N–H and O–H groups in total. The van der Waals surface area contributed by atoms with E-state index in [-0.39, 0.29) is 25.8 Å². The molecule has 0 aliphatic carbocycles. The lowest BCUT2D eigenvalue weighted by Gasteiger charge is -2.28. The van der Waals surface area contributed by atoms with Gasteiger partial charge in [-0.1, -0.05) is 148 Å². The zero-order valence-corrected chi connectivity index (χ0v) is 35.0. The number of phosphoric ester groups is 1. The van der Waals surface area contributed by atoms with Gasteiger partial charge in [0.25, 0.3) is 7.82 Å². The number of likely N-dealkylation sites (N-methyl/N-ethyl adjacent to an activating group) is 1. The number of nitrogens with zero attached hydrogens (tertiary/aromatic N) is 1. The van der Waals surface area contributed by atoms with Gasteiger partial charge in [0.2, 0.25) is 0 Å². The van der Waals surface area contributed by atoms with Gasteiger partial charge in [-0.2, -0.15) is 0 Å². The first kappa shape index (κ1) is 49.8. The number of hydrogen-bond acceptors (Lipinski definition) is 7. The van der Waals surface area contributed by atoms with E-state index in [4.69, 9.17) is 18.5 Å². The van der Waals surface area contributed by atoms with Gasteiger partial charge in [-0.25, -0.2) is 0 Å². The van der Waals surface area contributed by atoms with Gasteiger partial charge in [-0.15, -0.1) is 0 Å². The van der Waals surface area contributed by atoms with Crippen LogP contribution < -0.4 is 4.89 Å². The average molecular weight is 744 g/mol. The fourth-order valence-electron chi connectivity index (χ4n) is 5.74. The van der Waals surface area contributed by atoms with Crippen molar-refractivity contribution in [2.24, 2.45) is 0 Å². The summed E-state index contributed by atoms with van der Waals surface area (Å²) in [5.41, 5.74) is 0. The summed E-state index contributed by atoms with van der Waals surface area (Å²) < 4.78 is 34.3. The van der Waals surface area contributed by atoms with Crippen LogP contribution >= 0.6 is 7.82 Å². The Balaban J connectivity index is 4.30. The van der Waals surface area contributed by atoms with Crippen LogP contribution in [0, 0.1) is 0 Å². The summed E-state index contributed by atoms with van der Waals surface area (Å²) in [7, 11) is 1.33. The first-order valence-electron chi connectivity index (χ1n) is 21.1. The predicted molar refractivity (Wildman–Crippen MR) is 213 cm³/mol. The first-order valence-corrected chi connectivity index (χ1v) is 22.6. The molecular formula is C42H82NO7P. The summed E-state index contributed by atoms with van der Waals surface area (Å²) in [6.07, 6.45) is 39.9. The van der Waals surface area contributed by atoms with Gasteiger partial charge in [0.1, 0.15) is 19.8 Å². The normalized spacial score (nSPS) is 14.0. The SMILES string of the molecule is CCCCCC/C=C\CCCCCCCC/C=C\OC[C@H](COP(=O)([O-])OCC[N+](C)(C)C)OC(=O)CCCCCCCCCCCCCCC. The third-order valence-electron chi connectivity index (χ3n) is 9.07. The Kier molecular flexibility index (Phi) is 35.0. The van der Waals surface area contributed by atoms with E-state index in [0.717, 1.165) is 32.1 Å². The van der Waals surface area contributed by atoms with Gasteiger partial charge in [0, 0.05) is 6.42 Å². The van der Waals surface area contributed by atoms with E-state index in [1.54, 1.807) is 6.26 Å². The van der Waals surface area contributed by atoms with Gasteiger partial charge in [-0.05, 0) is 51.0 Å². The fourth-order valence-corrected chi connectivity index (χ4v) is 6.47. The van der Waals surface area contributed by atoms with Gasteiger partial charge >= 0.3 is 5.97 Å². The zero-order valence-electron chi connectivity index (χ0n) is 34.1. The van der Waals surface area contributed by atoms with Crippen molar-refractivity contribution in [2.45, 2.75) is 193 Å². The molecule has 0 aromatic carbocycles. The van der Waals surface area contributed by atoms with Crippen molar-refractivity contribution in [3.8, 4) is 0 Å². The molecule has 0 amide bonds. The largest absolute Gasteiger partial charge is 0.756 e. The van der Waals surface area contributed by atoms with Crippen molar-refractivity contribution in [3.63, 3.8) is 0 Å². The van der Waals surface area contributed by atoms with E-state index in [0.29, 0.717) is 17.4 Å². The molecule has 0 aliphatic rings. The summed E-state index contributed by atoms with van der Waals surface area (Å²) >= 11 is 0. The quantitative estimate of drug-likeness (QED) is 0.0154. The highest BCUT2D eigenvalue weighted by Crippen LogP contribution is 2.38. The summed E-state index contributed by atoms with van der Waals surface area (Å²) in [6, 6.07) is 0. The number of carbonyl (C=O) groups is 1. The molecule has 0 spiro atoms. The minimum atomic E-state index is -4.53. The average Bonchev–Trinajstić information content (AvgIpc) is 3.08. The van der Waals surface area contributed by atoms with Crippen LogP contribution in [0.4, 0.5) is 0 Å². The predicted octanol–water partition coefficient (Wildman–Crippen LogP) is 11.8. The maximum Gasteiger partial charge on any atom is 0.306 e. The molecule has 0 aliphatic heterocycles. The number of quaternary nitrogens is 1. The molecule has 0 rings (SSSR count). The zero-order chi connectivity index (χ0) is 37.7. The van der Waals surface area contributed by atoms with E-state index in [9.17, 15) is 14.3 Å². The summed E-state index contributed by atoms with van der Waals surface area (Å²) in [6.45, 7) is 4.72. The number of rotatable bonds is 39. The lowest BCUT2D eigenvalue weighted by atomic mass is 10.0. The van der Waals surface area contributed by atoms with E-state index in [1.165, 1.54) is 135 Å². The number of unbranched alkanes of at least 4 members (excludes halogenated alkanes) is 23. The van der Waals surface area contributed by atoms with Crippen LogP contribution in [0.5, 0.6) is 0 Å². The van der Waals surface area contributed by atoms with Crippen LogP contribution in [0.3, 0.4) is 0 Å². The molecule has 51 heavy (non-hydrogen) atoms. The molecule has 1 unspecified atom stereocenters. The van der Waals surface area contributed by atoms with Crippen LogP contribution in [0.2, 0.25) is 0 Å². The Morgan fingerprint density at radius 2 is 1.04 bits per heavy atom. The minimum absolute atomic E-state index is 0.0175. The van der Waals surface area contributed by atoms with Crippen molar-refractivity contribution in [1.82, 2.24) is 0 Å². The highest BCUT2D eigenvalue weighted by atomic mass is 31.2. The standard InChI is InChI=1S/C42H82NO7P/c1-6-8-10-12-14-16-18-20-21-22-24-26-28-30-32-34-37-47-39-41(40-49-51(45,46)48-38-36-43(3,4)5)50-42(44)35-33-31-29-27-25-23-19-17-15-13-11-9-7-2/h16,18,34,37,41H,6-15,17,19-33,35-36,38-40H2,1-5H3/b18-16-,37-34-/t41-/m1/s1. The van der Waals surface area contributed by atoms with Crippen molar-refractivity contribution in [1.29, 1.82) is 0 Å². The topological polar surface area (TPSA) is 94.1 Å². The molecule has 8 nitrogen and oxygen atoms in total. The van der Waals surface area contributed by atoms with Gasteiger partial charge in [-0.3, -0.25) is 9.36 Å². The van der Waals surface area contributed by atoms with Gasteiger partial charge < -0.3 is 27.9 Å². The molecule has 0 fully saturated rings. The number of hydrogen-bond donors (Lipinski definition) is 0. The van der Waals surface area contributed by atoms with Gasteiger partial charge in [0.05, 0.1) is 34.0 Å². The Morgan fingerprint density at radius 1 is 0.608 bits per heavy atom. The second-order valence-corrected chi connectivity index (χ2v) is 16.8. The van der Waals surface area contributed by atoms with Crippen molar-refractivity contribution in [3.05, 3.63) is 24.5 Å². The van der Waals surface area contributed by atoms with Crippen LogP contribution in [0.1, 0.15) is 187 Å². The first-order chi connectivity index (χ1) is 24.6. The van der Waals surface area contributed by atoms with E-state index < -0.39 is 13.9 Å². The smallest absolute Gasteiger partial charge is 0.306 e. The van der Waals surface area contributed by atoms with Crippen LogP contribution in [0.15, 0.2) is 24.5 Å². The molecule has 0 bridgehead atoms. The monoisotopic (exact) mass is 744 g/mol. The lowest BCUT2D eigenvalue weighted by molar-refractivity contribution is -0.870. The van der Waals surface area contributed by atoms with Crippen LogP contribution in [-0.4, -0.2) is 64.1 Å². The minimum Gasteiger partial charge on any atom is -0.756 e. The maximum atomic E-state index is 12.6. The Morgan fingerprint density at radius 3 is 1.53 bits per heavy atom. The summed E-state index contributed by atoms with van der Waals surface area (Å²) in [4.78, 5) is 25.0. The Labute approximate surface area is 315 Å². The number of carbonyl (C=O) groups excluding carboxylic acids is 1. The second-order valence-electron chi connectivity index (χ2n) is 15.4. The maximum absolute atomic E-state index is 12.6. The molecule has 0 aromatic rings. The molecule has 0 aromatic heterocycles. The van der Waals surface area contributed by atoms with Crippen LogP contribution in [-0.2, 0) is 27.9 Å². The third kappa shape index (κ3) is 39.9. The van der Waals surface area contributed by atoms with Gasteiger partial charge in [0.15, 0.2) is 6.10 Å². The van der Waals surface area contributed by atoms with Crippen molar-refractivity contribution < 1.29 is 37.3 Å².